The number of nitrogens with two attached hydrogens (primary N) is 1. The van der Waals surface area contributed by atoms with Crippen LogP contribution in [-0.4, -0.2) is 28.6 Å². The van der Waals surface area contributed by atoms with Crippen LogP contribution in [-0.2, 0) is 4.79 Å². The number of hydrogen-bond acceptors (Lipinski definition) is 4. The first kappa shape index (κ1) is 18.7. The smallest absolute Gasteiger partial charge is 0.237 e. The zero-order chi connectivity index (χ0) is 14.7. The molecule has 0 aliphatic heterocycles. The lowest BCUT2D eigenvalue weighted by Gasteiger charge is -2.19. The van der Waals surface area contributed by atoms with Crippen molar-refractivity contribution in [2.45, 2.75) is 59.0 Å². The molecule has 1 amide bonds. The Labute approximate surface area is 121 Å². The van der Waals surface area contributed by atoms with Crippen LogP contribution < -0.4 is 11.3 Å². The fourth-order valence-corrected chi connectivity index (χ4v) is 2.94. The van der Waals surface area contributed by atoms with Gasteiger partial charge in [-0.1, -0.05) is 33.6 Å². The third-order valence-corrected chi connectivity index (χ3v) is 4.31. The van der Waals surface area contributed by atoms with E-state index in [0.29, 0.717) is 18.1 Å². The monoisotopic (exact) mass is 290 g/mol. The molecule has 0 aromatic rings. The molecule has 0 saturated heterocycles. The average molecular weight is 290 g/mol. The molecular formula is C14H30N2O2S. The van der Waals surface area contributed by atoms with Crippen molar-refractivity contribution in [3.63, 3.8) is 0 Å². The van der Waals surface area contributed by atoms with E-state index in [0.717, 1.165) is 18.6 Å². The number of hydrazine groups is 1. The third-order valence-electron chi connectivity index (χ3n) is 3.11. The highest BCUT2D eigenvalue weighted by molar-refractivity contribution is 7.99. The Bertz CT molecular complexity index is 237. The van der Waals surface area contributed by atoms with Crippen LogP contribution in [0.1, 0.15) is 52.9 Å². The Morgan fingerprint density at radius 1 is 1.37 bits per heavy atom. The van der Waals surface area contributed by atoms with Crippen molar-refractivity contribution in [2.24, 2.45) is 17.7 Å². The molecule has 5 heteroatoms. The molecule has 2 atom stereocenters. The first-order valence-electron chi connectivity index (χ1n) is 7.27. The zero-order valence-corrected chi connectivity index (χ0v) is 13.3. The Hall–Kier alpha value is -0.260. The van der Waals surface area contributed by atoms with Crippen LogP contribution >= 0.6 is 11.8 Å². The molecule has 0 heterocycles. The van der Waals surface area contributed by atoms with E-state index in [9.17, 15) is 9.90 Å². The van der Waals surface area contributed by atoms with E-state index in [4.69, 9.17) is 5.84 Å². The second-order valence-electron chi connectivity index (χ2n) is 5.49. The van der Waals surface area contributed by atoms with Crippen LogP contribution in [0.5, 0.6) is 0 Å². The minimum Gasteiger partial charge on any atom is -0.392 e. The van der Waals surface area contributed by atoms with Gasteiger partial charge in [-0.25, -0.2) is 5.84 Å². The van der Waals surface area contributed by atoms with Crippen LogP contribution in [0, 0.1) is 11.8 Å². The molecule has 0 aromatic heterocycles. The minimum atomic E-state index is -0.420. The number of rotatable bonds is 11. The molecule has 0 fully saturated rings. The van der Waals surface area contributed by atoms with Crippen molar-refractivity contribution in [3.05, 3.63) is 0 Å². The van der Waals surface area contributed by atoms with Gasteiger partial charge in [0.1, 0.15) is 0 Å². The fourth-order valence-electron chi connectivity index (χ4n) is 1.87. The Morgan fingerprint density at radius 2 is 2.05 bits per heavy atom. The summed E-state index contributed by atoms with van der Waals surface area (Å²) in [5.41, 5.74) is 2.21. The van der Waals surface area contributed by atoms with Crippen LogP contribution in [0.2, 0.25) is 0 Å². The number of aliphatic hydroxyl groups excluding tert-OH is 1. The summed E-state index contributed by atoms with van der Waals surface area (Å²) in [6, 6.07) is 0. The van der Waals surface area contributed by atoms with Gasteiger partial charge in [-0.05, 0) is 30.9 Å². The van der Waals surface area contributed by atoms with Gasteiger partial charge < -0.3 is 5.11 Å². The molecule has 0 saturated carbocycles. The first-order valence-corrected chi connectivity index (χ1v) is 8.42. The molecule has 4 nitrogen and oxygen atoms in total. The van der Waals surface area contributed by atoms with E-state index in [1.54, 1.807) is 11.8 Å². The summed E-state index contributed by atoms with van der Waals surface area (Å²) in [5, 5.41) is 9.99. The summed E-state index contributed by atoms with van der Waals surface area (Å²) in [4.78, 5) is 11.7. The van der Waals surface area contributed by atoms with Crippen molar-refractivity contribution in [3.8, 4) is 0 Å². The lowest BCUT2D eigenvalue weighted by Crippen LogP contribution is -2.37. The van der Waals surface area contributed by atoms with Crippen LogP contribution in [0.25, 0.3) is 0 Å². The summed E-state index contributed by atoms with van der Waals surface area (Å²) < 4.78 is 0. The summed E-state index contributed by atoms with van der Waals surface area (Å²) in [6.45, 7) is 6.42. The molecule has 0 radical (unpaired) electrons. The lowest BCUT2D eigenvalue weighted by atomic mass is 9.92. The number of thioether (sulfide) groups is 1. The number of carbonyl (C=O) groups excluding carboxylic acids is 1. The van der Waals surface area contributed by atoms with Gasteiger partial charge in [-0.3, -0.25) is 10.2 Å². The number of nitrogens with one attached hydrogen (secondary N) is 1. The number of hydrogen-bond donors (Lipinski definition) is 3. The Balaban J connectivity index is 4.04. The molecule has 0 bridgehead atoms. The maximum absolute atomic E-state index is 11.7. The minimum absolute atomic E-state index is 0.154. The summed E-state index contributed by atoms with van der Waals surface area (Å²) in [6.07, 6.45) is 4.21. The molecule has 2 unspecified atom stereocenters. The highest BCUT2D eigenvalue weighted by atomic mass is 32.2. The molecule has 4 N–H and O–H groups in total. The predicted octanol–water partition coefficient (Wildman–Crippen LogP) is 2.31. The second-order valence-corrected chi connectivity index (χ2v) is 6.64. The topological polar surface area (TPSA) is 75.3 Å². The summed E-state index contributed by atoms with van der Waals surface area (Å²) in [5.74, 6) is 7.22. The predicted molar refractivity (Wildman–Crippen MR) is 82.7 cm³/mol. The van der Waals surface area contributed by atoms with Gasteiger partial charge in [0.25, 0.3) is 0 Å². The van der Waals surface area contributed by atoms with Gasteiger partial charge in [0.2, 0.25) is 5.91 Å². The Kier molecular flexibility index (Phi) is 11.4. The molecule has 114 valence electrons. The van der Waals surface area contributed by atoms with Crippen molar-refractivity contribution < 1.29 is 9.90 Å². The normalized spacial score (nSPS) is 14.4. The SMILES string of the molecule is CCCCSCC(O)CC(CCC(C)C)C(=O)NN. The van der Waals surface area contributed by atoms with Gasteiger partial charge >= 0.3 is 0 Å². The van der Waals surface area contributed by atoms with Crippen LogP contribution in [0.4, 0.5) is 0 Å². The molecule has 0 aliphatic rings. The maximum atomic E-state index is 11.7. The van der Waals surface area contributed by atoms with Crippen molar-refractivity contribution in [2.75, 3.05) is 11.5 Å². The largest absolute Gasteiger partial charge is 0.392 e. The van der Waals surface area contributed by atoms with E-state index in [2.05, 4.69) is 26.2 Å². The third kappa shape index (κ3) is 10.2. The van der Waals surface area contributed by atoms with Gasteiger partial charge in [0.05, 0.1) is 6.10 Å². The van der Waals surface area contributed by atoms with E-state index in [1.807, 2.05) is 0 Å². The quantitative estimate of drug-likeness (QED) is 0.236. The van der Waals surface area contributed by atoms with E-state index in [1.165, 1.54) is 12.8 Å². The van der Waals surface area contributed by atoms with E-state index < -0.39 is 6.10 Å². The highest BCUT2D eigenvalue weighted by Crippen LogP contribution is 2.19. The standard InChI is InChI=1S/C14H30N2O2S/c1-4-5-8-19-10-13(17)9-12(14(18)16-15)7-6-11(2)3/h11-13,17H,4-10,15H2,1-3H3,(H,16,18). The Morgan fingerprint density at radius 3 is 2.58 bits per heavy atom. The average Bonchev–Trinajstić information content (AvgIpc) is 2.38. The number of carbonyl (C=O) groups is 1. The highest BCUT2D eigenvalue weighted by Gasteiger charge is 2.21. The molecular weight excluding hydrogens is 260 g/mol. The van der Waals surface area contributed by atoms with Gasteiger partial charge in [0.15, 0.2) is 0 Å². The molecule has 19 heavy (non-hydrogen) atoms. The second kappa shape index (κ2) is 11.6. The van der Waals surface area contributed by atoms with Crippen molar-refractivity contribution in [1.29, 1.82) is 0 Å². The van der Waals surface area contributed by atoms with Crippen LogP contribution in [0.15, 0.2) is 0 Å². The number of unbranched alkanes of at least 4 members (excludes halogenated alkanes) is 1. The fraction of sp³-hybridized carbons (Fsp3) is 0.929. The first-order chi connectivity index (χ1) is 9.01. The molecule has 0 aliphatic carbocycles. The van der Waals surface area contributed by atoms with E-state index >= 15 is 0 Å². The zero-order valence-electron chi connectivity index (χ0n) is 12.5. The number of amides is 1. The van der Waals surface area contributed by atoms with Gasteiger partial charge in [0, 0.05) is 11.7 Å². The van der Waals surface area contributed by atoms with Crippen molar-refractivity contribution >= 4 is 17.7 Å². The summed E-state index contributed by atoms with van der Waals surface area (Å²) in [7, 11) is 0. The van der Waals surface area contributed by atoms with Crippen molar-refractivity contribution in [1.82, 2.24) is 5.43 Å². The van der Waals surface area contributed by atoms with E-state index in [-0.39, 0.29) is 11.8 Å². The molecule has 0 rings (SSSR count). The summed E-state index contributed by atoms with van der Waals surface area (Å²) >= 11 is 1.76. The molecule has 0 spiro atoms. The van der Waals surface area contributed by atoms with Gasteiger partial charge in [-0.2, -0.15) is 11.8 Å². The molecule has 0 aromatic carbocycles. The number of aliphatic hydroxyl groups is 1. The van der Waals surface area contributed by atoms with Gasteiger partial charge in [-0.15, -0.1) is 0 Å². The van der Waals surface area contributed by atoms with Crippen LogP contribution in [0.3, 0.4) is 0 Å². The lowest BCUT2D eigenvalue weighted by molar-refractivity contribution is -0.126. The maximum Gasteiger partial charge on any atom is 0.237 e.